The Morgan fingerprint density at radius 1 is 1.27 bits per heavy atom. The van der Waals surface area contributed by atoms with Crippen LogP contribution in [0.1, 0.15) is 25.8 Å². The third-order valence-electron chi connectivity index (χ3n) is 2.13. The highest BCUT2D eigenvalue weighted by Crippen LogP contribution is 2.15. The van der Waals surface area contributed by atoms with Gasteiger partial charge in [0.15, 0.2) is 7.28 Å². The summed E-state index contributed by atoms with van der Waals surface area (Å²) in [5.41, 5.74) is 2.07. The Morgan fingerprint density at radius 2 is 1.93 bits per heavy atom. The van der Waals surface area contributed by atoms with Gasteiger partial charge in [-0.05, 0) is 19.9 Å². The lowest BCUT2D eigenvalue weighted by Crippen LogP contribution is -2.15. The van der Waals surface area contributed by atoms with Gasteiger partial charge >= 0.3 is 0 Å². The van der Waals surface area contributed by atoms with Crippen LogP contribution in [0.2, 0.25) is 6.82 Å². The van der Waals surface area contributed by atoms with Gasteiger partial charge in [0.25, 0.3) is 0 Å². The van der Waals surface area contributed by atoms with Crippen LogP contribution < -0.4 is 5.46 Å². The molecule has 15 heavy (non-hydrogen) atoms. The molecule has 3 nitrogen and oxygen atoms in total. The minimum Gasteiger partial charge on any atom is -0.347 e. The summed E-state index contributed by atoms with van der Waals surface area (Å²) in [5.74, 6) is 0. The average molecular weight is 207 g/mol. The quantitative estimate of drug-likeness (QED) is 0.519. The first-order valence-electron chi connectivity index (χ1n) is 5.49. The molecule has 0 atom stereocenters. The van der Waals surface area contributed by atoms with E-state index in [9.17, 15) is 0 Å². The molecule has 1 rings (SSSR count). The number of rotatable bonds is 6. The maximum absolute atomic E-state index is 5.46. The van der Waals surface area contributed by atoms with Crippen LogP contribution in [0.15, 0.2) is 18.3 Å². The minimum atomic E-state index is -0.328. The zero-order valence-corrected chi connectivity index (χ0v) is 9.69. The summed E-state index contributed by atoms with van der Waals surface area (Å²) < 4.78 is 10.9. The van der Waals surface area contributed by atoms with E-state index in [1.807, 2.05) is 26.1 Å². The molecule has 0 aliphatic heterocycles. The van der Waals surface area contributed by atoms with E-state index in [1.54, 1.807) is 0 Å². The number of aromatic nitrogens is 1. The maximum atomic E-state index is 5.46. The molecule has 82 valence electrons. The molecule has 0 amide bonds. The summed E-state index contributed by atoms with van der Waals surface area (Å²) in [6.07, 6.45) is 1.55. The van der Waals surface area contributed by atoms with Crippen molar-refractivity contribution in [2.45, 2.75) is 27.0 Å². The van der Waals surface area contributed by atoms with Gasteiger partial charge in [-0.25, -0.2) is 0 Å². The van der Waals surface area contributed by atoms with Crippen LogP contribution in [0.25, 0.3) is 0 Å². The third-order valence-corrected chi connectivity index (χ3v) is 2.13. The van der Waals surface area contributed by atoms with Crippen molar-refractivity contribution in [3.05, 3.63) is 24.0 Å². The normalized spacial score (nSPS) is 10.7. The molecule has 4 heteroatoms. The van der Waals surface area contributed by atoms with Crippen LogP contribution in [0, 0.1) is 0 Å². The molecule has 0 bridgehead atoms. The first-order chi connectivity index (χ1) is 7.31. The fourth-order valence-electron chi connectivity index (χ4n) is 1.31. The first kappa shape index (κ1) is 12.2. The van der Waals surface area contributed by atoms with Crippen LogP contribution in [0.4, 0.5) is 0 Å². The molecular weight excluding hydrogens is 189 g/mol. The van der Waals surface area contributed by atoms with Crippen LogP contribution in [0.3, 0.4) is 0 Å². The topological polar surface area (TPSA) is 31.4 Å². The molecule has 0 spiro atoms. The van der Waals surface area contributed by atoms with Crippen LogP contribution in [-0.2, 0) is 9.47 Å². The van der Waals surface area contributed by atoms with E-state index in [0.29, 0.717) is 13.2 Å². The molecule has 0 aliphatic rings. The number of ether oxygens (including phenoxy) is 2. The Hall–Kier alpha value is -0.865. The van der Waals surface area contributed by atoms with Gasteiger partial charge in [0.1, 0.15) is 0 Å². The van der Waals surface area contributed by atoms with Crippen molar-refractivity contribution in [2.75, 3.05) is 13.2 Å². The average Bonchev–Trinajstić information content (AvgIpc) is 2.29. The van der Waals surface area contributed by atoms with Gasteiger partial charge in [0, 0.05) is 19.4 Å². The lowest BCUT2D eigenvalue weighted by atomic mass is 9.74. The van der Waals surface area contributed by atoms with Gasteiger partial charge < -0.3 is 9.47 Å². The van der Waals surface area contributed by atoms with Crippen molar-refractivity contribution in [3.8, 4) is 0 Å². The van der Waals surface area contributed by atoms with Crippen molar-refractivity contribution in [2.24, 2.45) is 0 Å². The number of nitrogens with zero attached hydrogens (tertiary/aromatic N) is 1. The van der Waals surface area contributed by atoms with E-state index in [-0.39, 0.29) is 6.29 Å². The zero-order chi connectivity index (χ0) is 11.1. The van der Waals surface area contributed by atoms with Gasteiger partial charge in [-0.15, -0.1) is 0 Å². The number of hydrogen-bond acceptors (Lipinski definition) is 3. The Balaban J connectivity index is 2.72. The molecule has 0 radical (unpaired) electrons. The monoisotopic (exact) mass is 207 g/mol. The summed E-state index contributed by atoms with van der Waals surface area (Å²) in [7, 11) is 1.00. The van der Waals surface area contributed by atoms with Crippen molar-refractivity contribution < 1.29 is 9.47 Å². The molecule has 0 N–H and O–H groups in total. The Kier molecular flexibility index (Phi) is 5.36. The largest absolute Gasteiger partial charge is 0.347 e. The van der Waals surface area contributed by atoms with E-state index in [4.69, 9.17) is 9.47 Å². The van der Waals surface area contributed by atoms with Gasteiger partial charge in [-0.3, -0.25) is 4.98 Å². The second-order valence-corrected chi connectivity index (χ2v) is 3.19. The van der Waals surface area contributed by atoms with Crippen LogP contribution in [0.5, 0.6) is 0 Å². The second kappa shape index (κ2) is 6.59. The summed E-state index contributed by atoms with van der Waals surface area (Å²) in [4.78, 5) is 4.34. The molecule has 0 aliphatic carbocycles. The number of hydrogen-bond donors (Lipinski definition) is 0. The maximum Gasteiger partial charge on any atom is 0.201 e. The lowest BCUT2D eigenvalue weighted by Gasteiger charge is -2.16. The van der Waals surface area contributed by atoms with Gasteiger partial charge in [-0.2, -0.15) is 0 Å². The highest BCUT2D eigenvalue weighted by Gasteiger charge is 2.11. The van der Waals surface area contributed by atoms with E-state index in [1.165, 1.54) is 5.46 Å². The molecule has 0 fully saturated rings. The molecule has 0 saturated heterocycles. The molecular formula is C11H18BNO2. The van der Waals surface area contributed by atoms with E-state index in [0.717, 1.165) is 13.0 Å². The van der Waals surface area contributed by atoms with Crippen molar-refractivity contribution >= 4 is 12.7 Å². The molecule has 1 aromatic heterocycles. The van der Waals surface area contributed by atoms with Crippen LogP contribution >= 0.6 is 0 Å². The molecule has 0 saturated carbocycles. The lowest BCUT2D eigenvalue weighted by molar-refractivity contribution is -0.142. The van der Waals surface area contributed by atoms with Crippen LogP contribution in [-0.4, -0.2) is 25.5 Å². The summed E-state index contributed by atoms with van der Waals surface area (Å²) in [6.45, 7) is 7.27. The van der Waals surface area contributed by atoms with Crippen molar-refractivity contribution in [1.82, 2.24) is 4.98 Å². The number of pyridine rings is 1. The smallest absolute Gasteiger partial charge is 0.201 e. The third kappa shape index (κ3) is 3.65. The van der Waals surface area contributed by atoms with Crippen molar-refractivity contribution in [3.63, 3.8) is 0 Å². The highest BCUT2D eigenvalue weighted by atomic mass is 16.7. The Labute approximate surface area is 92.1 Å². The SMILES string of the molecule is CBc1ccc(C(OCC)OCC)nc1. The first-order valence-corrected chi connectivity index (χ1v) is 5.49. The second-order valence-electron chi connectivity index (χ2n) is 3.19. The summed E-state index contributed by atoms with van der Waals surface area (Å²) in [6, 6.07) is 4.03. The Bertz CT molecular complexity index is 270. The van der Waals surface area contributed by atoms with E-state index in [2.05, 4.69) is 17.9 Å². The standard InChI is InChI=1S/C11H18BNO2/c1-4-14-11(15-5-2)10-7-6-9(12-3)8-13-10/h6-8,11-12H,4-5H2,1-3H3. The fraction of sp³-hybridized carbons (Fsp3) is 0.545. The van der Waals surface area contributed by atoms with E-state index >= 15 is 0 Å². The molecule has 1 aromatic rings. The summed E-state index contributed by atoms with van der Waals surface area (Å²) >= 11 is 0. The van der Waals surface area contributed by atoms with Gasteiger partial charge in [0.2, 0.25) is 6.29 Å². The van der Waals surface area contributed by atoms with Gasteiger partial charge in [-0.1, -0.05) is 18.4 Å². The molecule has 0 unspecified atom stereocenters. The van der Waals surface area contributed by atoms with Crippen molar-refractivity contribution in [1.29, 1.82) is 0 Å². The minimum absolute atomic E-state index is 0.328. The van der Waals surface area contributed by atoms with E-state index < -0.39 is 0 Å². The predicted molar refractivity (Wildman–Crippen MR) is 62.9 cm³/mol. The zero-order valence-electron chi connectivity index (χ0n) is 9.69. The van der Waals surface area contributed by atoms with Gasteiger partial charge in [0.05, 0.1) is 5.69 Å². The Morgan fingerprint density at radius 3 is 2.33 bits per heavy atom. The summed E-state index contributed by atoms with van der Waals surface area (Å²) in [5, 5.41) is 0. The highest BCUT2D eigenvalue weighted by molar-refractivity contribution is 6.51. The fourth-order valence-corrected chi connectivity index (χ4v) is 1.31. The molecule has 1 heterocycles. The predicted octanol–water partition coefficient (Wildman–Crippen LogP) is 1.26. The molecule has 0 aromatic carbocycles.